The number of nitrogens with zero attached hydrogens (tertiary/aromatic N) is 2. The summed E-state index contributed by atoms with van der Waals surface area (Å²) < 4.78 is 5.30. The molecule has 0 aliphatic carbocycles. The van der Waals surface area contributed by atoms with Gasteiger partial charge in [0, 0.05) is 24.9 Å². The molecule has 1 atom stereocenters. The van der Waals surface area contributed by atoms with E-state index in [9.17, 15) is 14.4 Å². The van der Waals surface area contributed by atoms with Crippen molar-refractivity contribution in [2.75, 3.05) is 24.5 Å². The first-order valence-corrected chi connectivity index (χ1v) is 11.1. The van der Waals surface area contributed by atoms with Gasteiger partial charge >= 0.3 is 6.09 Å². The molecule has 2 aromatic carbocycles. The van der Waals surface area contributed by atoms with Gasteiger partial charge in [0.1, 0.15) is 12.1 Å². The van der Waals surface area contributed by atoms with Crippen molar-refractivity contribution in [2.45, 2.75) is 38.8 Å². The molecule has 0 bridgehead atoms. The van der Waals surface area contributed by atoms with Gasteiger partial charge in [-0.1, -0.05) is 48.5 Å². The highest BCUT2D eigenvalue weighted by Crippen LogP contribution is 2.17. The standard InChI is InChI=1S/C26H31N3O4/c1-26(2,3)33-25(32)27-21-16-17-28(18-21)24(31)19-29(22-12-8-5-9-13-22)23(30)15-14-20-10-6-4-7-11-20/h4-15,21H,16-19H2,1-3H3,(H,27,32)/b15-14+/t21-/m0/s1. The largest absolute Gasteiger partial charge is 0.444 e. The molecular formula is C26H31N3O4. The van der Waals surface area contributed by atoms with E-state index in [1.807, 2.05) is 48.5 Å². The van der Waals surface area contributed by atoms with E-state index in [1.165, 1.54) is 11.0 Å². The van der Waals surface area contributed by atoms with Crippen LogP contribution >= 0.6 is 0 Å². The molecule has 33 heavy (non-hydrogen) atoms. The van der Waals surface area contributed by atoms with Crippen molar-refractivity contribution in [2.24, 2.45) is 0 Å². The van der Waals surface area contributed by atoms with Crippen molar-refractivity contribution in [1.82, 2.24) is 10.2 Å². The number of carbonyl (C=O) groups excluding carboxylic acids is 3. The van der Waals surface area contributed by atoms with E-state index in [0.717, 1.165) is 5.56 Å². The maximum Gasteiger partial charge on any atom is 0.407 e. The number of rotatable bonds is 6. The highest BCUT2D eigenvalue weighted by atomic mass is 16.6. The van der Waals surface area contributed by atoms with Gasteiger partial charge in [0.2, 0.25) is 5.91 Å². The molecule has 0 radical (unpaired) electrons. The summed E-state index contributed by atoms with van der Waals surface area (Å²) in [5.74, 6) is -0.449. The lowest BCUT2D eigenvalue weighted by Gasteiger charge is -2.25. The first kappa shape index (κ1) is 24.0. The number of hydrogen-bond donors (Lipinski definition) is 1. The number of nitrogens with one attached hydrogen (secondary N) is 1. The van der Waals surface area contributed by atoms with Crippen molar-refractivity contribution < 1.29 is 19.1 Å². The van der Waals surface area contributed by atoms with Crippen LogP contribution in [0.4, 0.5) is 10.5 Å². The van der Waals surface area contributed by atoms with Gasteiger partial charge in [-0.15, -0.1) is 0 Å². The number of para-hydroxylation sites is 1. The Morgan fingerprint density at radius 1 is 1.06 bits per heavy atom. The molecule has 1 aliphatic rings. The number of amides is 3. The van der Waals surface area contributed by atoms with Crippen molar-refractivity contribution >= 4 is 29.7 Å². The Kier molecular flexibility index (Phi) is 7.87. The minimum Gasteiger partial charge on any atom is -0.444 e. The third-order valence-corrected chi connectivity index (χ3v) is 5.11. The van der Waals surface area contributed by atoms with Gasteiger partial charge in [0.15, 0.2) is 0 Å². The zero-order chi connectivity index (χ0) is 23.8. The molecular weight excluding hydrogens is 418 g/mol. The summed E-state index contributed by atoms with van der Waals surface area (Å²) >= 11 is 0. The van der Waals surface area contributed by atoms with E-state index < -0.39 is 11.7 Å². The van der Waals surface area contributed by atoms with Crippen LogP contribution < -0.4 is 10.2 Å². The van der Waals surface area contributed by atoms with Crippen LogP contribution in [0.5, 0.6) is 0 Å². The molecule has 7 nitrogen and oxygen atoms in total. The highest BCUT2D eigenvalue weighted by Gasteiger charge is 2.30. The molecule has 3 rings (SSSR count). The molecule has 0 spiro atoms. The smallest absolute Gasteiger partial charge is 0.407 e. The Labute approximate surface area is 195 Å². The minimum absolute atomic E-state index is 0.0822. The maximum atomic E-state index is 13.0. The fourth-order valence-electron chi connectivity index (χ4n) is 3.54. The fourth-order valence-corrected chi connectivity index (χ4v) is 3.54. The van der Waals surface area contributed by atoms with E-state index in [4.69, 9.17) is 4.74 Å². The van der Waals surface area contributed by atoms with E-state index >= 15 is 0 Å². The van der Waals surface area contributed by atoms with Gasteiger partial charge in [-0.3, -0.25) is 14.5 Å². The number of carbonyl (C=O) groups is 3. The van der Waals surface area contributed by atoms with Crippen LogP contribution in [0, 0.1) is 0 Å². The third kappa shape index (κ3) is 7.49. The van der Waals surface area contributed by atoms with Crippen molar-refractivity contribution in [3.8, 4) is 0 Å². The number of likely N-dealkylation sites (tertiary alicyclic amines) is 1. The number of benzene rings is 2. The highest BCUT2D eigenvalue weighted by molar-refractivity contribution is 6.06. The topological polar surface area (TPSA) is 79.0 Å². The van der Waals surface area contributed by atoms with Gasteiger partial charge in [0.05, 0.1) is 6.04 Å². The van der Waals surface area contributed by atoms with Crippen LogP contribution in [0.15, 0.2) is 66.7 Å². The molecule has 0 aromatic heterocycles. The summed E-state index contributed by atoms with van der Waals surface area (Å²) in [5, 5.41) is 2.82. The minimum atomic E-state index is -0.581. The Morgan fingerprint density at radius 2 is 1.70 bits per heavy atom. The van der Waals surface area contributed by atoms with Gasteiger partial charge in [-0.2, -0.15) is 0 Å². The molecule has 1 saturated heterocycles. The summed E-state index contributed by atoms with van der Waals surface area (Å²) in [6, 6.07) is 18.5. The summed E-state index contributed by atoms with van der Waals surface area (Å²) in [7, 11) is 0. The quantitative estimate of drug-likeness (QED) is 0.680. The monoisotopic (exact) mass is 449 g/mol. The second-order valence-corrected chi connectivity index (χ2v) is 8.98. The van der Waals surface area contributed by atoms with Gasteiger partial charge in [-0.05, 0) is 51.0 Å². The Hall–Kier alpha value is -3.61. The zero-order valence-electron chi connectivity index (χ0n) is 19.4. The first-order chi connectivity index (χ1) is 15.7. The molecule has 174 valence electrons. The van der Waals surface area contributed by atoms with E-state index in [0.29, 0.717) is 25.2 Å². The summed E-state index contributed by atoms with van der Waals surface area (Å²) in [6.45, 7) is 6.22. The zero-order valence-corrected chi connectivity index (χ0v) is 19.4. The number of alkyl carbamates (subject to hydrolysis) is 1. The van der Waals surface area contributed by atoms with Crippen molar-refractivity contribution in [3.63, 3.8) is 0 Å². The SMILES string of the molecule is CC(C)(C)OC(=O)N[C@H]1CCN(C(=O)CN(C(=O)/C=C/c2ccccc2)c2ccccc2)C1. The lowest BCUT2D eigenvalue weighted by Crippen LogP contribution is -2.44. The van der Waals surface area contributed by atoms with Gasteiger partial charge in [-0.25, -0.2) is 4.79 Å². The lowest BCUT2D eigenvalue weighted by atomic mass is 10.2. The molecule has 3 amide bonds. The van der Waals surface area contributed by atoms with Crippen LogP contribution in [0.3, 0.4) is 0 Å². The van der Waals surface area contributed by atoms with E-state index in [1.54, 1.807) is 43.9 Å². The summed E-state index contributed by atoms with van der Waals surface area (Å²) in [5.41, 5.74) is 0.971. The predicted octanol–water partition coefficient (Wildman–Crippen LogP) is 3.86. The van der Waals surface area contributed by atoms with Crippen LogP contribution in [0.25, 0.3) is 6.08 Å². The van der Waals surface area contributed by atoms with E-state index in [-0.39, 0.29) is 24.4 Å². The number of ether oxygens (including phenoxy) is 1. The molecule has 1 N–H and O–H groups in total. The first-order valence-electron chi connectivity index (χ1n) is 11.1. The molecule has 1 aliphatic heterocycles. The second kappa shape index (κ2) is 10.8. The predicted molar refractivity (Wildman–Crippen MR) is 129 cm³/mol. The summed E-state index contributed by atoms with van der Waals surface area (Å²) in [6.07, 6.45) is 3.36. The van der Waals surface area contributed by atoms with Crippen LogP contribution in [0.2, 0.25) is 0 Å². The Balaban J connectivity index is 1.64. The van der Waals surface area contributed by atoms with Crippen LogP contribution in [-0.4, -0.2) is 54.1 Å². The van der Waals surface area contributed by atoms with Crippen LogP contribution in [0.1, 0.15) is 32.8 Å². The average molecular weight is 450 g/mol. The molecule has 1 fully saturated rings. The molecule has 7 heteroatoms. The Bertz CT molecular complexity index is 984. The number of hydrogen-bond acceptors (Lipinski definition) is 4. The molecule has 2 aromatic rings. The molecule has 0 saturated carbocycles. The van der Waals surface area contributed by atoms with E-state index in [2.05, 4.69) is 5.32 Å². The third-order valence-electron chi connectivity index (χ3n) is 5.11. The fraction of sp³-hybridized carbons (Fsp3) is 0.346. The normalized spacial score (nSPS) is 16.0. The second-order valence-electron chi connectivity index (χ2n) is 8.98. The maximum absolute atomic E-state index is 13.0. The van der Waals surface area contributed by atoms with Gasteiger partial charge < -0.3 is 15.0 Å². The van der Waals surface area contributed by atoms with Crippen LogP contribution in [-0.2, 0) is 14.3 Å². The van der Waals surface area contributed by atoms with Crippen molar-refractivity contribution in [3.05, 3.63) is 72.3 Å². The number of anilines is 1. The molecule has 0 unspecified atom stereocenters. The summed E-state index contributed by atoms with van der Waals surface area (Å²) in [4.78, 5) is 41.2. The Morgan fingerprint density at radius 3 is 2.33 bits per heavy atom. The van der Waals surface area contributed by atoms with Gasteiger partial charge in [0.25, 0.3) is 5.91 Å². The average Bonchev–Trinajstić information content (AvgIpc) is 3.24. The van der Waals surface area contributed by atoms with Crippen molar-refractivity contribution in [1.29, 1.82) is 0 Å². The lowest BCUT2D eigenvalue weighted by molar-refractivity contribution is -0.130. The molecule has 1 heterocycles.